The minimum absolute atomic E-state index is 0.111. The van der Waals surface area contributed by atoms with Crippen LogP contribution in [0.3, 0.4) is 0 Å². The van der Waals surface area contributed by atoms with Gasteiger partial charge in [-0.3, -0.25) is 9.59 Å². The summed E-state index contributed by atoms with van der Waals surface area (Å²) in [7, 11) is 0. The normalized spacial score (nSPS) is 10.1. The van der Waals surface area contributed by atoms with Gasteiger partial charge in [0.25, 0.3) is 0 Å². The Morgan fingerprint density at radius 1 is 1.14 bits per heavy atom. The first-order chi connectivity index (χ1) is 10.5. The summed E-state index contributed by atoms with van der Waals surface area (Å²) in [6.07, 6.45) is 0. The van der Waals surface area contributed by atoms with Crippen LogP contribution < -0.4 is 10.2 Å². The van der Waals surface area contributed by atoms with Crippen molar-refractivity contribution in [3.8, 4) is 0 Å². The fourth-order valence-electron chi connectivity index (χ4n) is 1.93. The molecule has 0 aliphatic rings. The number of anilines is 2. The van der Waals surface area contributed by atoms with E-state index in [0.29, 0.717) is 16.4 Å². The fourth-order valence-corrected chi connectivity index (χ4v) is 2.55. The monoisotopic (exact) mass is 380 g/mol. The Bertz CT molecular complexity index is 706. The lowest BCUT2D eigenvalue weighted by molar-refractivity contribution is -0.120. The van der Waals surface area contributed by atoms with E-state index in [1.165, 1.54) is 11.8 Å². The van der Waals surface area contributed by atoms with Crippen molar-refractivity contribution in [2.75, 3.05) is 16.8 Å². The molecule has 0 bridgehead atoms. The molecule has 6 heteroatoms. The molecule has 2 aromatic rings. The maximum Gasteiger partial charge on any atom is 0.244 e. The van der Waals surface area contributed by atoms with Gasteiger partial charge in [-0.2, -0.15) is 0 Å². The first-order valence-electron chi connectivity index (χ1n) is 6.56. The number of carbonyl (C=O) groups is 2. The van der Waals surface area contributed by atoms with Crippen molar-refractivity contribution in [2.24, 2.45) is 0 Å². The number of halogens is 2. The number of amides is 2. The highest BCUT2D eigenvalue weighted by Gasteiger charge is 2.18. The number of rotatable bonds is 4. The minimum Gasteiger partial charge on any atom is -0.324 e. The van der Waals surface area contributed by atoms with Gasteiger partial charge in [-0.15, -0.1) is 0 Å². The van der Waals surface area contributed by atoms with Crippen molar-refractivity contribution in [3.05, 3.63) is 58.0 Å². The van der Waals surface area contributed by atoms with Crippen LogP contribution in [0.25, 0.3) is 0 Å². The molecule has 0 aromatic heterocycles. The average molecular weight is 382 g/mol. The molecule has 0 atom stereocenters. The van der Waals surface area contributed by atoms with E-state index in [-0.39, 0.29) is 18.4 Å². The van der Waals surface area contributed by atoms with Gasteiger partial charge in [0.2, 0.25) is 11.8 Å². The van der Waals surface area contributed by atoms with Gasteiger partial charge in [0, 0.05) is 11.4 Å². The Balaban J connectivity index is 2.15. The SMILES string of the molecule is CC(=O)N(CC(=O)Nc1ccccc1Br)c1ccccc1Cl. The number of hydrogen-bond donors (Lipinski definition) is 1. The van der Waals surface area contributed by atoms with Crippen molar-refractivity contribution in [1.29, 1.82) is 0 Å². The molecule has 0 aliphatic carbocycles. The first kappa shape index (κ1) is 16.5. The molecule has 0 radical (unpaired) electrons. The van der Waals surface area contributed by atoms with Crippen LogP contribution in [-0.4, -0.2) is 18.4 Å². The number of nitrogens with zero attached hydrogens (tertiary/aromatic N) is 1. The van der Waals surface area contributed by atoms with Crippen LogP contribution in [0.4, 0.5) is 11.4 Å². The zero-order valence-corrected chi connectivity index (χ0v) is 14.2. The predicted molar refractivity (Wildman–Crippen MR) is 92.3 cm³/mol. The zero-order chi connectivity index (χ0) is 16.1. The van der Waals surface area contributed by atoms with E-state index in [4.69, 9.17) is 11.6 Å². The summed E-state index contributed by atoms with van der Waals surface area (Å²) in [5.74, 6) is -0.558. The van der Waals surface area contributed by atoms with Gasteiger partial charge < -0.3 is 10.2 Å². The number of carbonyl (C=O) groups excluding carboxylic acids is 2. The molecule has 0 heterocycles. The molecule has 2 aromatic carbocycles. The van der Waals surface area contributed by atoms with Crippen LogP contribution in [0.15, 0.2) is 53.0 Å². The molecule has 2 rings (SSSR count). The van der Waals surface area contributed by atoms with Crippen molar-refractivity contribution < 1.29 is 9.59 Å². The molecule has 0 saturated heterocycles. The van der Waals surface area contributed by atoms with Crippen LogP contribution in [-0.2, 0) is 9.59 Å². The lowest BCUT2D eigenvalue weighted by Gasteiger charge is -2.21. The van der Waals surface area contributed by atoms with Crippen LogP contribution in [0.2, 0.25) is 5.02 Å². The second-order valence-electron chi connectivity index (χ2n) is 4.58. The highest BCUT2D eigenvalue weighted by molar-refractivity contribution is 9.10. The van der Waals surface area contributed by atoms with Gasteiger partial charge in [-0.05, 0) is 40.2 Å². The standard InChI is InChI=1S/C16H14BrClN2O2/c1-11(21)20(15-9-5-3-7-13(15)18)10-16(22)19-14-8-4-2-6-12(14)17/h2-9H,10H2,1H3,(H,19,22). The Morgan fingerprint density at radius 3 is 2.41 bits per heavy atom. The Hall–Kier alpha value is -1.85. The highest BCUT2D eigenvalue weighted by atomic mass is 79.9. The molecular weight excluding hydrogens is 368 g/mol. The molecule has 0 aliphatic heterocycles. The summed E-state index contributed by atoms with van der Waals surface area (Å²) < 4.78 is 0.774. The maximum atomic E-state index is 12.2. The Labute approximate surface area is 142 Å². The lowest BCUT2D eigenvalue weighted by atomic mass is 10.2. The summed E-state index contributed by atoms with van der Waals surface area (Å²) in [5.41, 5.74) is 1.16. The van der Waals surface area contributed by atoms with Crippen LogP contribution >= 0.6 is 27.5 Å². The number of benzene rings is 2. The van der Waals surface area contributed by atoms with Gasteiger partial charge in [0.1, 0.15) is 6.54 Å². The van der Waals surface area contributed by atoms with E-state index in [1.54, 1.807) is 30.3 Å². The van der Waals surface area contributed by atoms with Gasteiger partial charge in [-0.25, -0.2) is 0 Å². The summed E-state index contributed by atoms with van der Waals surface area (Å²) in [6.45, 7) is 1.29. The quantitative estimate of drug-likeness (QED) is 0.867. The van der Waals surface area contributed by atoms with Crippen molar-refractivity contribution >= 4 is 50.7 Å². The van der Waals surface area contributed by atoms with E-state index in [9.17, 15) is 9.59 Å². The summed E-state index contributed by atoms with van der Waals surface area (Å²) in [4.78, 5) is 25.4. The highest BCUT2D eigenvalue weighted by Crippen LogP contribution is 2.26. The number of para-hydroxylation sites is 2. The predicted octanol–water partition coefficient (Wildman–Crippen LogP) is 4.09. The minimum atomic E-state index is -0.304. The van der Waals surface area contributed by atoms with Gasteiger partial charge in [0.05, 0.1) is 16.4 Å². The van der Waals surface area contributed by atoms with Crippen LogP contribution in [0.5, 0.6) is 0 Å². The lowest BCUT2D eigenvalue weighted by Crippen LogP contribution is -2.36. The third-order valence-corrected chi connectivity index (χ3v) is 3.98. The molecule has 0 saturated carbocycles. The molecule has 4 nitrogen and oxygen atoms in total. The zero-order valence-electron chi connectivity index (χ0n) is 11.8. The van der Waals surface area contributed by atoms with E-state index >= 15 is 0 Å². The molecule has 22 heavy (non-hydrogen) atoms. The van der Waals surface area contributed by atoms with Crippen molar-refractivity contribution in [3.63, 3.8) is 0 Å². The molecular formula is C16H14BrClN2O2. The molecule has 0 fully saturated rings. The Morgan fingerprint density at radius 2 is 1.77 bits per heavy atom. The van der Waals surface area contributed by atoms with Crippen molar-refractivity contribution in [1.82, 2.24) is 0 Å². The summed E-state index contributed by atoms with van der Waals surface area (Å²) >= 11 is 9.46. The maximum absolute atomic E-state index is 12.2. The van der Waals surface area contributed by atoms with Crippen molar-refractivity contribution in [2.45, 2.75) is 6.92 Å². The van der Waals surface area contributed by atoms with E-state index in [2.05, 4.69) is 21.2 Å². The number of hydrogen-bond acceptors (Lipinski definition) is 2. The second-order valence-corrected chi connectivity index (χ2v) is 5.85. The summed E-state index contributed by atoms with van der Waals surface area (Å²) in [6, 6.07) is 14.2. The average Bonchev–Trinajstić information content (AvgIpc) is 2.48. The summed E-state index contributed by atoms with van der Waals surface area (Å²) in [5, 5.41) is 3.18. The Kier molecular flexibility index (Phi) is 5.57. The molecule has 0 unspecified atom stereocenters. The number of nitrogens with one attached hydrogen (secondary N) is 1. The van der Waals surface area contributed by atoms with Gasteiger partial charge in [-0.1, -0.05) is 35.9 Å². The smallest absolute Gasteiger partial charge is 0.244 e. The third-order valence-electron chi connectivity index (χ3n) is 2.97. The largest absolute Gasteiger partial charge is 0.324 e. The van der Waals surface area contributed by atoms with Gasteiger partial charge in [0.15, 0.2) is 0 Å². The second kappa shape index (κ2) is 7.42. The van der Waals surface area contributed by atoms with E-state index in [1.807, 2.05) is 18.2 Å². The fraction of sp³-hybridized carbons (Fsp3) is 0.125. The van der Waals surface area contributed by atoms with E-state index in [0.717, 1.165) is 4.47 Å². The molecule has 2 amide bonds. The molecule has 0 spiro atoms. The molecule has 114 valence electrons. The van der Waals surface area contributed by atoms with E-state index < -0.39 is 0 Å². The van der Waals surface area contributed by atoms with Gasteiger partial charge >= 0.3 is 0 Å². The molecule has 1 N–H and O–H groups in total. The van der Waals surface area contributed by atoms with Crippen LogP contribution in [0, 0.1) is 0 Å². The topological polar surface area (TPSA) is 49.4 Å². The first-order valence-corrected chi connectivity index (χ1v) is 7.73. The third kappa shape index (κ3) is 4.08. The van der Waals surface area contributed by atoms with Crippen LogP contribution in [0.1, 0.15) is 6.92 Å².